The number of fused-ring (bicyclic) bond motifs is 2. The Balaban J connectivity index is 1.34. The van der Waals surface area contributed by atoms with Gasteiger partial charge in [0.25, 0.3) is 0 Å². The average Bonchev–Trinajstić information content (AvgIpc) is 3.15. The van der Waals surface area contributed by atoms with Crippen molar-refractivity contribution in [2.75, 3.05) is 6.61 Å². The Kier molecular flexibility index (Phi) is 7.08. The van der Waals surface area contributed by atoms with Crippen LogP contribution in [0.3, 0.4) is 0 Å². The molecule has 2 saturated carbocycles. The number of aromatic nitrogens is 1. The van der Waals surface area contributed by atoms with E-state index in [0.29, 0.717) is 18.4 Å². The van der Waals surface area contributed by atoms with Crippen LogP contribution in [-0.4, -0.2) is 35.8 Å². The minimum Gasteiger partial charge on any atom is -0.462 e. The predicted octanol–water partition coefficient (Wildman–Crippen LogP) is 5.63. The number of alkyl carbamates (subject to hydrolysis) is 1. The monoisotopic (exact) mass is 492 g/mol. The molecule has 0 radical (unpaired) electrons. The van der Waals surface area contributed by atoms with Crippen molar-refractivity contribution in [3.05, 3.63) is 60.2 Å². The lowest BCUT2D eigenvalue weighted by Crippen LogP contribution is -2.48. The lowest BCUT2D eigenvalue weighted by Gasteiger charge is -2.47. The maximum Gasteiger partial charge on any atom is 0.407 e. The Labute approximate surface area is 211 Å². The van der Waals surface area contributed by atoms with Crippen LogP contribution in [0.5, 0.6) is 0 Å². The number of nitrogens with zero attached hydrogens (tertiary/aromatic N) is 1. The van der Waals surface area contributed by atoms with Gasteiger partial charge in [0.05, 0.1) is 18.2 Å². The van der Waals surface area contributed by atoms with Gasteiger partial charge in [-0.15, -0.1) is 0 Å². The summed E-state index contributed by atoms with van der Waals surface area (Å²) < 4.78 is 24.3. The summed E-state index contributed by atoms with van der Waals surface area (Å²) in [6, 6.07) is 10.4. The minimum atomic E-state index is -0.368. The van der Waals surface area contributed by atoms with Crippen LogP contribution < -0.4 is 5.32 Å². The quantitative estimate of drug-likeness (QED) is 0.548. The molecule has 1 aliphatic heterocycles. The molecule has 3 aliphatic rings. The maximum atomic E-state index is 13.6. The lowest BCUT2D eigenvalue weighted by atomic mass is 9.57. The lowest BCUT2D eigenvalue weighted by molar-refractivity contribution is -0.144. The Morgan fingerprint density at radius 3 is 2.83 bits per heavy atom. The third-order valence-electron chi connectivity index (χ3n) is 8.18. The normalized spacial score (nSPS) is 31.4. The summed E-state index contributed by atoms with van der Waals surface area (Å²) in [4.78, 5) is 29.2. The molecule has 7 atom stereocenters. The molecule has 36 heavy (non-hydrogen) atoms. The number of hydrogen-bond donors (Lipinski definition) is 1. The summed E-state index contributed by atoms with van der Waals surface area (Å²) in [5.41, 5.74) is 2.48. The van der Waals surface area contributed by atoms with Crippen molar-refractivity contribution in [2.45, 2.75) is 51.7 Å². The van der Waals surface area contributed by atoms with E-state index in [9.17, 15) is 14.0 Å². The second kappa shape index (κ2) is 10.4. The molecule has 0 spiro atoms. The van der Waals surface area contributed by atoms with Gasteiger partial charge in [-0.2, -0.15) is 0 Å². The summed E-state index contributed by atoms with van der Waals surface area (Å²) >= 11 is 0. The second-order valence-corrected chi connectivity index (χ2v) is 10.3. The third-order valence-corrected chi connectivity index (χ3v) is 8.18. The van der Waals surface area contributed by atoms with Crippen LogP contribution in [0.1, 0.15) is 45.2 Å². The summed E-state index contributed by atoms with van der Waals surface area (Å²) in [6.07, 6.45) is 9.07. The highest BCUT2D eigenvalue weighted by Gasteiger charge is 2.54. The summed E-state index contributed by atoms with van der Waals surface area (Å²) in [7, 11) is 0. The largest absolute Gasteiger partial charge is 0.462 e. The molecule has 0 bridgehead atoms. The first-order valence-corrected chi connectivity index (χ1v) is 13.0. The molecule has 6 nitrogen and oxygen atoms in total. The maximum absolute atomic E-state index is 13.6. The van der Waals surface area contributed by atoms with Crippen molar-refractivity contribution in [1.29, 1.82) is 0 Å². The van der Waals surface area contributed by atoms with Gasteiger partial charge in [-0.25, -0.2) is 9.18 Å². The molecule has 1 saturated heterocycles. The van der Waals surface area contributed by atoms with E-state index in [1.807, 2.05) is 31.2 Å². The van der Waals surface area contributed by atoms with Gasteiger partial charge in [0.15, 0.2) is 0 Å². The van der Waals surface area contributed by atoms with E-state index in [4.69, 9.17) is 9.47 Å². The molecule has 2 heterocycles. The van der Waals surface area contributed by atoms with Crippen molar-refractivity contribution >= 4 is 18.1 Å². The van der Waals surface area contributed by atoms with E-state index in [-0.39, 0.29) is 47.8 Å². The molecule has 2 aromatic rings. The first-order chi connectivity index (χ1) is 17.4. The number of halogens is 1. The SMILES string of the molecule is CCOC(=O)N[C@@H]1CC[C@@H]2[C@@H](C1)C[C@@H]1C(=O)O[C@@H](C)[C@H]1[C@@H]2/C=C/c1ccc(-c2cccc(F)c2)cn1. The van der Waals surface area contributed by atoms with Gasteiger partial charge < -0.3 is 14.8 Å². The Morgan fingerprint density at radius 1 is 1.22 bits per heavy atom. The van der Waals surface area contributed by atoms with E-state index >= 15 is 0 Å². The molecule has 190 valence electrons. The van der Waals surface area contributed by atoms with Gasteiger partial charge in [0.2, 0.25) is 0 Å². The topological polar surface area (TPSA) is 77.5 Å². The highest BCUT2D eigenvalue weighted by molar-refractivity contribution is 5.75. The molecule has 1 aromatic heterocycles. The predicted molar refractivity (Wildman–Crippen MR) is 134 cm³/mol. The van der Waals surface area contributed by atoms with E-state index in [1.165, 1.54) is 12.1 Å². The summed E-state index contributed by atoms with van der Waals surface area (Å²) in [6.45, 7) is 4.15. The van der Waals surface area contributed by atoms with Crippen molar-refractivity contribution in [2.24, 2.45) is 29.6 Å². The summed E-state index contributed by atoms with van der Waals surface area (Å²) in [5, 5.41) is 3.00. The fraction of sp³-hybridized carbons (Fsp3) is 0.483. The molecule has 3 fully saturated rings. The van der Waals surface area contributed by atoms with Crippen LogP contribution in [0.15, 0.2) is 48.7 Å². The molecule has 1 amide bonds. The smallest absolute Gasteiger partial charge is 0.407 e. The van der Waals surface area contributed by atoms with Crippen LogP contribution in [0.2, 0.25) is 0 Å². The minimum absolute atomic E-state index is 0.0679. The number of benzene rings is 1. The molecule has 0 unspecified atom stereocenters. The van der Waals surface area contributed by atoms with Gasteiger partial charge in [-0.05, 0) is 87.1 Å². The van der Waals surface area contributed by atoms with Crippen molar-refractivity contribution in [3.63, 3.8) is 0 Å². The molecule has 7 heteroatoms. The number of amides is 1. The highest BCUT2D eigenvalue weighted by Crippen LogP contribution is 2.53. The van der Waals surface area contributed by atoms with Crippen LogP contribution >= 0.6 is 0 Å². The number of rotatable bonds is 5. The Bertz CT molecular complexity index is 1130. The van der Waals surface area contributed by atoms with Crippen LogP contribution in [0, 0.1) is 35.4 Å². The number of carbonyl (C=O) groups is 2. The van der Waals surface area contributed by atoms with E-state index in [0.717, 1.165) is 42.5 Å². The van der Waals surface area contributed by atoms with E-state index in [2.05, 4.69) is 16.4 Å². The molecule has 2 aliphatic carbocycles. The summed E-state index contributed by atoms with van der Waals surface area (Å²) in [5.74, 6) is 0.629. The van der Waals surface area contributed by atoms with Crippen LogP contribution in [0.4, 0.5) is 9.18 Å². The zero-order chi connectivity index (χ0) is 25.2. The molecular weight excluding hydrogens is 459 g/mol. The van der Waals surface area contributed by atoms with Gasteiger partial charge >= 0.3 is 12.1 Å². The second-order valence-electron chi connectivity index (χ2n) is 10.3. The van der Waals surface area contributed by atoms with Gasteiger partial charge in [-0.3, -0.25) is 9.78 Å². The number of pyridine rings is 1. The molecule has 5 rings (SSSR count). The fourth-order valence-corrected chi connectivity index (χ4v) is 6.64. The van der Waals surface area contributed by atoms with Crippen LogP contribution in [0.25, 0.3) is 17.2 Å². The number of ether oxygens (including phenoxy) is 2. The first kappa shape index (κ1) is 24.5. The zero-order valence-electron chi connectivity index (χ0n) is 20.7. The first-order valence-electron chi connectivity index (χ1n) is 13.0. The fourth-order valence-electron chi connectivity index (χ4n) is 6.64. The van der Waals surface area contributed by atoms with Gasteiger partial charge in [0.1, 0.15) is 11.9 Å². The molecule has 1 N–H and O–H groups in total. The van der Waals surface area contributed by atoms with E-state index in [1.54, 1.807) is 19.2 Å². The number of esters is 1. The highest BCUT2D eigenvalue weighted by atomic mass is 19.1. The Hall–Kier alpha value is -3.22. The Morgan fingerprint density at radius 2 is 2.08 bits per heavy atom. The number of allylic oxidation sites excluding steroid dienone is 1. The van der Waals surface area contributed by atoms with Gasteiger partial charge in [0, 0.05) is 23.7 Å². The molecule has 1 aromatic carbocycles. The van der Waals surface area contributed by atoms with Crippen LogP contribution in [-0.2, 0) is 14.3 Å². The average molecular weight is 493 g/mol. The van der Waals surface area contributed by atoms with Crippen molar-refractivity contribution in [1.82, 2.24) is 10.3 Å². The number of cyclic esters (lactones) is 1. The standard InChI is InChI=1S/C29H33FN2O4/c1-3-35-29(34)32-23-10-11-24-20(14-23)15-26-27(17(2)36-28(26)33)25(24)12-9-22-8-7-19(16-31-22)18-5-4-6-21(30)13-18/h4-9,12-13,16-17,20,23-27H,3,10-11,14-15H2,1-2H3,(H,32,34)/b12-9+/t17-,20-,23+,24+,25+,26-,27-/m0/s1. The molecular formula is C29H33FN2O4. The third kappa shape index (κ3) is 5.01. The van der Waals surface area contributed by atoms with Crippen molar-refractivity contribution < 1.29 is 23.5 Å². The zero-order valence-corrected chi connectivity index (χ0v) is 20.7. The van der Waals surface area contributed by atoms with E-state index < -0.39 is 0 Å². The van der Waals surface area contributed by atoms with Gasteiger partial charge in [-0.1, -0.05) is 24.3 Å². The van der Waals surface area contributed by atoms with Crippen molar-refractivity contribution in [3.8, 4) is 11.1 Å². The number of carbonyl (C=O) groups excluding carboxylic acids is 2. The number of hydrogen-bond acceptors (Lipinski definition) is 5. The number of nitrogens with one attached hydrogen (secondary N) is 1.